The molecule has 1 aliphatic heterocycles. The quantitative estimate of drug-likeness (QED) is 0.464. The molecule has 0 saturated heterocycles. The average molecular weight is 355 g/mol. The predicted octanol–water partition coefficient (Wildman–Crippen LogP) is 5.00. The number of aromatic nitrogens is 1. The third-order valence-electron chi connectivity index (χ3n) is 4.98. The molecule has 3 aromatic rings. The van der Waals surface area contributed by atoms with Gasteiger partial charge in [-0.05, 0) is 18.1 Å². The van der Waals surface area contributed by atoms with Crippen molar-refractivity contribution in [1.29, 1.82) is 0 Å². The Hall–Kier alpha value is -2.82. The number of carbonyl (C=O) groups is 1. The Morgan fingerprint density at radius 3 is 2.23 bits per heavy atom. The number of alkyl halides is 3. The van der Waals surface area contributed by atoms with Crippen LogP contribution in [0.1, 0.15) is 44.0 Å². The number of halogens is 3. The molecule has 1 aliphatic rings. The summed E-state index contributed by atoms with van der Waals surface area (Å²) in [6.45, 7) is 1.95. The molecule has 5 heteroatoms. The third-order valence-corrected chi connectivity index (χ3v) is 4.98. The third kappa shape index (κ3) is 2.55. The molecular weight excluding hydrogens is 339 g/mol. The summed E-state index contributed by atoms with van der Waals surface area (Å²) in [4.78, 5) is 12.9. The van der Waals surface area contributed by atoms with Crippen LogP contribution in [-0.2, 0) is 19.1 Å². The van der Waals surface area contributed by atoms with Crippen LogP contribution in [-0.4, -0.2) is 10.4 Å². The normalized spacial score (nSPS) is 13.2. The molecule has 0 saturated carbocycles. The summed E-state index contributed by atoms with van der Waals surface area (Å²) in [5.74, 6) is -0.582. The van der Waals surface area contributed by atoms with Gasteiger partial charge >= 0.3 is 6.18 Å². The van der Waals surface area contributed by atoms with E-state index < -0.39 is 17.5 Å². The summed E-state index contributed by atoms with van der Waals surface area (Å²) < 4.78 is 43.4. The van der Waals surface area contributed by atoms with Gasteiger partial charge in [-0.2, -0.15) is 13.2 Å². The Balaban J connectivity index is 1.94. The minimum atomic E-state index is -4.59. The van der Waals surface area contributed by atoms with Crippen molar-refractivity contribution >= 4 is 5.78 Å². The van der Waals surface area contributed by atoms with Crippen molar-refractivity contribution in [3.8, 4) is 0 Å². The van der Waals surface area contributed by atoms with E-state index in [1.165, 1.54) is 0 Å². The molecule has 26 heavy (non-hydrogen) atoms. The number of hydrogen-bond donors (Lipinski definition) is 0. The van der Waals surface area contributed by atoms with Crippen LogP contribution in [0.4, 0.5) is 13.2 Å². The van der Waals surface area contributed by atoms with E-state index in [-0.39, 0.29) is 23.2 Å². The molecule has 0 N–H and O–H groups in total. The van der Waals surface area contributed by atoms with E-state index in [1.54, 1.807) is 41.8 Å². The average Bonchev–Trinajstić information content (AvgIpc) is 2.92. The fourth-order valence-electron chi connectivity index (χ4n) is 3.75. The van der Waals surface area contributed by atoms with Gasteiger partial charge in [0.1, 0.15) is 0 Å². The first-order chi connectivity index (χ1) is 12.4. The van der Waals surface area contributed by atoms with Gasteiger partial charge in [0.05, 0.1) is 11.1 Å². The minimum Gasteiger partial charge on any atom is -0.343 e. The Morgan fingerprint density at radius 1 is 0.962 bits per heavy atom. The van der Waals surface area contributed by atoms with Crippen molar-refractivity contribution in [3.63, 3.8) is 0 Å². The fourth-order valence-corrected chi connectivity index (χ4v) is 3.75. The lowest BCUT2D eigenvalue weighted by atomic mass is 9.95. The lowest BCUT2D eigenvalue weighted by molar-refractivity contribution is -0.138. The molecule has 0 spiro atoms. The number of benzene rings is 2. The lowest BCUT2D eigenvalue weighted by Gasteiger charge is -2.22. The Kier molecular flexibility index (Phi) is 3.75. The molecule has 0 fully saturated rings. The molecular formula is C21H16F3NO. The number of fused-ring (bicyclic) bond motifs is 2. The maximum atomic E-state index is 13.9. The van der Waals surface area contributed by atoms with Crippen molar-refractivity contribution in [2.24, 2.45) is 0 Å². The maximum absolute atomic E-state index is 13.9. The van der Waals surface area contributed by atoms with Crippen molar-refractivity contribution in [2.45, 2.75) is 26.1 Å². The molecule has 2 nitrogen and oxygen atoms in total. The van der Waals surface area contributed by atoms with Gasteiger partial charge in [0, 0.05) is 29.9 Å². The van der Waals surface area contributed by atoms with Gasteiger partial charge in [-0.15, -0.1) is 0 Å². The molecule has 2 heterocycles. The summed E-state index contributed by atoms with van der Waals surface area (Å²) in [5, 5.41) is 0. The van der Waals surface area contributed by atoms with Crippen LogP contribution in [0.2, 0.25) is 0 Å². The van der Waals surface area contributed by atoms with Crippen molar-refractivity contribution in [1.82, 2.24) is 4.57 Å². The number of carbonyl (C=O) groups excluding carboxylic acids is 1. The summed E-state index contributed by atoms with van der Waals surface area (Å²) in [5.41, 5.74) is 1.65. The first-order valence-electron chi connectivity index (χ1n) is 8.33. The molecule has 0 amide bonds. The van der Waals surface area contributed by atoms with Gasteiger partial charge in [-0.1, -0.05) is 54.6 Å². The van der Waals surface area contributed by atoms with Gasteiger partial charge < -0.3 is 4.57 Å². The fraction of sp³-hybridized carbons (Fsp3) is 0.190. The highest BCUT2D eigenvalue weighted by Gasteiger charge is 2.43. The predicted molar refractivity (Wildman–Crippen MR) is 92.4 cm³/mol. The Labute approximate surface area is 148 Å². The second-order valence-electron chi connectivity index (χ2n) is 6.51. The monoisotopic (exact) mass is 355 g/mol. The van der Waals surface area contributed by atoms with E-state index in [9.17, 15) is 18.0 Å². The van der Waals surface area contributed by atoms with Gasteiger partial charge in [-0.3, -0.25) is 4.79 Å². The van der Waals surface area contributed by atoms with Gasteiger partial charge in [0.15, 0.2) is 5.78 Å². The molecule has 2 aromatic carbocycles. The second-order valence-corrected chi connectivity index (χ2v) is 6.51. The first kappa shape index (κ1) is 16.6. The minimum absolute atomic E-state index is 0.174. The van der Waals surface area contributed by atoms with Gasteiger partial charge in [-0.25, -0.2) is 0 Å². The van der Waals surface area contributed by atoms with Crippen molar-refractivity contribution in [2.75, 3.05) is 0 Å². The number of nitrogens with zero attached hydrogens (tertiary/aromatic N) is 1. The zero-order valence-electron chi connectivity index (χ0n) is 14.1. The highest BCUT2D eigenvalue weighted by atomic mass is 19.4. The molecule has 0 aliphatic carbocycles. The number of hydrogen-bond acceptors (Lipinski definition) is 1. The van der Waals surface area contributed by atoms with Crippen LogP contribution in [0.15, 0.2) is 54.6 Å². The van der Waals surface area contributed by atoms with E-state index in [2.05, 4.69) is 0 Å². The molecule has 132 valence electrons. The van der Waals surface area contributed by atoms with E-state index in [0.29, 0.717) is 12.2 Å². The standard InChI is InChI=1S/C21H16F3NO/c1-13-18(20(26)14-7-3-2-4-8-14)19(21(22,23)24)17-11-15-9-5-6-10-16(15)12-25(13)17/h2-10H,11-12H2,1H3. The molecule has 0 atom stereocenters. The molecule has 0 bridgehead atoms. The SMILES string of the molecule is Cc1c(C(=O)c2ccccc2)c(C(F)(F)F)c2n1Cc1ccccc1C2. The maximum Gasteiger partial charge on any atom is 0.418 e. The van der Waals surface area contributed by atoms with E-state index in [1.807, 2.05) is 24.3 Å². The highest BCUT2D eigenvalue weighted by molar-refractivity contribution is 6.11. The number of ketones is 1. The second kappa shape index (κ2) is 5.87. The smallest absolute Gasteiger partial charge is 0.343 e. The van der Waals surface area contributed by atoms with Crippen molar-refractivity contribution in [3.05, 3.63) is 93.8 Å². The zero-order chi connectivity index (χ0) is 18.5. The summed E-state index contributed by atoms with van der Waals surface area (Å²) in [6, 6.07) is 15.6. The van der Waals surface area contributed by atoms with Crippen LogP contribution in [0.25, 0.3) is 0 Å². The lowest BCUT2D eigenvalue weighted by Crippen LogP contribution is -2.18. The van der Waals surface area contributed by atoms with Crippen LogP contribution in [0.3, 0.4) is 0 Å². The topological polar surface area (TPSA) is 22.0 Å². The molecule has 1 aromatic heterocycles. The number of rotatable bonds is 2. The molecule has 0 radical (unpaired) electrons. The zero-order valence-corrected chi connectivity index (χ0v) is 14.1. The van der Waals surface area contributed by atoms with E-state index in [4.69, 9.17) is 0 Å². The first-order valence-corrected chi connectivity index (χ1v) is 8.33. The highest BCUT2D eigenvalue weighted by Crippen LogP contribution is 2.41. The Bertz CT molecular complexity index is 1000. The van der Waals surface area contributed by atoms with Crippen LogP contribution in [0, 0.1) is 6.92 Å². The van der Waals surface area contributed by atoms with E-state index in [0.717, 1.165) is 11.1 Å². The van der Waals surface area contributed by atoms with Crippen molar-refractivity contribution < 1.29 is 18.0 Å². The summed E-state index contributed by atoms with van der Waals surface area (Å²) in [6.07, 6.45) is -4.41. The van der Waals surface area contributed by atoms with Crippen LogP contribution >= 0.6 is 0 Å². The van der Waals surface area contributed by atoms with Crippen LogP contribution < -0.4 is 0 Å². The molecule has 4 rings (SSSR count). The summed E-state index contributed by atoms with van der Waals surface area (Å²) in [7, 11) is 0. The largest absolute Gasteiger partial charge is 0.418 e. The summed E-state index contributed by atoms with van der Waals surface area (Å²) >= 11 is 0. The van der Waals surface area contributed by atoms with Gasteiger partial charge in [0.25, 0.3) is 0 Å². The molecule has 0 unspecified atom stereocenters. The Morgan fingerprint density at radius 2 is 1.58 bits per heavy atom. The van der Waals surface area contributed by atoms with Crippen LogP contribution in [0.5, 0.6) is 0 Å². The van der Waals surface area contributed by atoms with E-state index >= 15 is 0 Å². The van der Waals surface area contributed by atoms with Gasteiger partial charge in [0.2, 0.25) is 0 Å².